The average molecular weight is 145 g/mol. The van der Waals surface area contributed by atoms with Crippen LogP contribution in [0.2, 0.25) is 0 Å². The molecule has 0 aliphatic rings. The van der Waals surface area contributed by atoms with E-state index in [4.69, 9.17) is 0 Å². The topological polar surface area (TPSA) is 38.7 Å². The fourth-order valence-corrected chi connectivity index (χ4v) is 0.626. The summed E-state index contributed by atoms with van der Waals surface area (Å²) in [5.41, 5.74) is 0.0307. The summed E-state index contributed by atoms with van der Waals surface area (Å²) in [5.74, 6) is 0.836. The first-order valence-corrected chi connectivity index (χ1v) is 3.23. The molecule has 0 amide bonds. The van der Waals surface area contributed by atoms with Gasteiger partial charge < -0.3 is 0 Å². The minimum absolute atomic E-state index is 0. The molecule has 1 aromatic rings. The average Bonchev–Trinajstić information content (AvgIpc) is 1.88. The van der Waals surface area contributed by atoms with Gasteiger partial charge in [0.2, 0.25) is 0 Å². The molecule has 0 unspecified atom stereocenters. The van der Waals surface area contributed by atoms with E-state index in [1.165, 1.54) is 12.7 Å². The zero-order valence-corrected chi connectivity index (χ0v) is 6.50. The molecule has 0 N–H and O–H groups in total. The summed E-state index contributed by atoms with van der Waals surface area (Å²) >= 11 is 0. The zero-order chi connectivity index (χ0) is 7.61. The molecule has 0 aliphatic heterocycles. The van der Waals surface area contributed by atoms with Crippen molar-refractivity contribution in [1.29, 1.82) is 0 Å². The second-order valence-corrected chi connectivity index (χ2v) is 3.21. The van der Waals surface area contributed by atoms with E-state index < -0.39 is 0 Å². The van der Waals surface area contributed by atoms with Gasteiger partial charge in [-0.3, -0.25) is 0 Å². The molecule has 56 valence electrons. The summed E-state index contributed by atoms with van der Waals surface area (Å²) in [6.45, 7) is 6.22. The van der Waals surface area contributed by atoms with Crippen LogP contribution in [-0.4, -0.2) is 33.8 Å². The van der Waals surface area contributed by atoms with E-state index in [-0.39, 0.29) is 24.3 Å². The summed E-state index contributed by atoms with van der Waals surface area (Å²) in [5, 5.41) is 0. The van der Waals surface area contributed by atoms with Crippen molar-refractivity contribution in [3.8, 4) is 0 Å². The molecule has 0 bridgehead atoms. The molecule has 0 saturated carbocycles. The quantitative estimate of drug-likeness (QED) is 0.499. The molecule has 0 radical (unpaired) electrons. The van der Waals surface area contributed by atoms with Crippen LogP contribution in [-0.2, 0) is 5.41 Å². The van der Waals surface area contributed by atoms with Crippen LogP contribution < -0.4 is 0 Å². The monoisotopic (exact) mass is 145 g/mol. The van der Waals surface area contributed by atoms with E-state index in [0.29, 0.717) is 0 Å². The molecule has 11 heavy (non-hydrogen) atoms. The first kappa shape index (κ1) is 10.6. The van der Waals surface area contributed by atoms with Crippen LogP contribution in [0, 0.1) is 0 Å². The molecule has 0 atom stereocenters. The van der Waals surface area contributed by atoms with Gasteiger partial charge in [0.15, 0.2) is 0 Å². The summed E-state index contributed by atoms with van der Waals surface area (Å²) in [4.78, 5) is 11.8. The van der Waals surface area contributed by atoms with E-state index >= 15 is 0 Å². The van der Waals surface area contributed by atoms with E-state index in [9.17, 15) is 0 Å². The molecular weight excluding hydrogens is 133 g/mol. The van der Waals surface area contributed by atoms with E-state index in [1.54, 1.807) is 0 Å². The van der Waals surface area contributed by atoms with Gasteiger partial charge in [-0.05, 0) is 0 Å². The summed E-state index contributed by atoms with van der Waals surface area (Å²) in [6, 6.07) is 0. The van der Waals surface area contributed by atoms with E-state index in [0.717, 1.165) is 5.82 Å². The molecule has 0 spiro atoms. The Kier molecular flexibility index (Phi) is 3.71. The van der Waals surface area contributed by atoms with Crippen LogP contribution >= 0.6 is 0 Å². The van der Waals surface area contributed by atoms with Gasteiger partial charge in [0.25, 0.3) is 0 Å². The number of nitrogens with zero attached hydrogens (tertiary/aromatic N) is 3. The van der Waals surface area contributed by atoms with Crippen molar-refractivity contribution in [2.75, 3.05) is 0 Å². The Morgan fingerprint density at radius 3 is 1.82 bits per heavy atom. The van der Waals surface area contributed by atoms with Crippen molar-refractivity contribution in [1.82, 2.24) is 15.0 Å². The van der Waals surface area contributed by atoms with Crippen molar-refractivity contribution in [3.63, 3.8) is 0 Å². The molecular formula is C7H12LiN3. The van der Waals surface area contributed by atoms with Crippen molar-refractivity contribution in [2.45, 2.75) is 26.2 Å². The van der Waals surface area contributed by atoms with Gasteiger partial charge in [0.05, 0.1) is 0 Å². The molecule has 0 aliphatic carbocycles. The Balaban J connectivity index is 0.000001000. The molecule has 1 aromatic heterocycles. The number of hydrogen-bond donors (Lipinski definition) is 0. The van der Waals surface area contributed by atoms with Crippen molar-refractivity contribution < 1.29 is 0 Å². The Hall–Kier alpha value is -0.393. The number of aromatic nitrogens is 3. The van der Waals surface area contributed by atoms with Gasteiger partial charge in [0, 0.05) is 5.41 Å². The van der Waals surface area contributed by atoms with Crippen molar-refractivity contribution >= 4 is 18.9 Å². The zero-order valence-electron chi connectivity index (χ0n) is 6.50. The molecule has 3 nitrogen and oxygen atoms in total. The molecule has 0 aromatic carbocycles. The van der Waals surface area contributed by atoms with Gasteiger partial charge in [-0.25, -0.2) is 15.0 Å². The maximum absolute atomic E-state index is 4.03. The summed E-state index contributed by atoms with van der Waals surface area (Å²) < 4.78 is 0. The number of rotatable bonds is 0. The summed E-state index contributed by atoms with van der Waals surface area (Å²) in [7, 11) is 0. The van der Waals surface area contributed by atoms with Crippen LogP contribution in [0.1, 0.15) is 26.6 Å². The normalized spacial score (nSPS) is 10.5. The first-order valence-electron chi connectivity index (χ1n) is 3.23. The van der Waals surface area contributed by atoms with E-state index in [2.05, 4.69) is 35.7 Å². The van der Waals surface area contributed by atoms with Crippen molar-refractivity contribution in [2.24, 2.45) is 0 Å². The second kappa shape index (κ2) is 3.84. The van der Waals surface area contributed by atoms with Gasteiger partial charge in [-0.1, -0.05) is 20.8 Å². The van der Waals surface area contributed by atoms with Crippen LogP contribution in [0.4, 0.5) is 0 Å². The molecule has 0 saturated heterocycles. The van der Waals surface area contributed by atoms with Crippen LogP contribution in [0.15, 0.2) is 12.7 Å². The predicted molar refractivity (Wildman–Crippen MR) is 45.7 cm³/mol. The fraction of sp³-hybridized carbons (Fsp3) is 0.571. The predicted octanol–water partition coefficient (Wildman–Crippen LogP) is 0.521. The fourth-order valence-electron chi connectivity index (χ4n) is 0.626. The molecule has 4 heteroatoms. The first-order chi connectivity index (χ1) is 4.61. The van der Waals surface area contributed by atoms with E-state index in [1.807, 2.05) is 0 Å². The second-order valence-electron chi connectivity index (χ2n) is 3.21. The third-order valence-electron chi connectivity index (χ3n) is 1.16. The van der Waals surface area contributed by atoms with Gasteiger partial charge in [0.1, 0.15) is 18.5 Å². The van der Waals surface area contributed by atoms with Gasteiger partial charge in [-0.2, -0.15) is 0 Å². The van der Waals surface area contributed by atoms with Crippen LogP contribution in [0.3, 0.4) is 0 Å². The third kappa shape index (κ3) is 3.00. The Bertz CT molecular complexity index is 205. The Morgan fingerprint density at radius 1 is 1.09 bits per heavy atom. The number of hydrogen-bond acceptors (Lipinski definition) is 3. The van der Waals surface area contributed by atoms with Gasteiger partial charge >= 0.3 is 18.9 Å². The Morgan fingerprint density at radius 2 is 1.55 bits per heavy atom. The van der Waals surface area contributed by atoms with Crippen LogP contribution in [0.25, 0.3) is 0 Å². The molecule has 0 fully saturated rings. The Labute approximate surface area is 78.8 Å². The maximum atomic E-state index is 4.03. The molecule has 1 rings (SSSR count). The summed E-state index contributed by atoms with van der Waals surface area (Å²) in [6.07, 6.45) is 3.04. The molecule has 1 heterocycles. The third-order valence-corrected chi connectivity index (χ3v) is 1.16. The van der Waals surface area contributed by atoms with Crippen molar-refractivity contribution in [3.05, 3.63) is 18.5 Å². The SMILES string of the molecule is CC(C)(C)c1ncncn1.[LiH]. The van der Waals surface area contributed by atoms with Gasteiger partial charge in [-0.15, -0.1) is 0 Å². The standard InChI is InChI=1S/C7H11N3.Li.H/c1-7(2,3)6-9-4-8-5-10-6;;/h4-5H,1-3H3;;. The van der Waals surface area contributed by atoms with Crippen LogP contribution in [0.5, 0.6) is 0 Å². The minimum atomic E-state index is 0.